The fraction of sp³-hybridized carbons (Fsp3) is 0.824. The molecule has 1 saturated carbocycles. The molecule has 7 heteroatoms. The molecule has 3 aliphatic rings. The normalized spacial score (nSPS) is 23.6. The number of nitrogens with zero attached hydrogens (tertiary/aromatic N) is 5. The van der Waals surface area contributed by atoms with Crippen molar-refractivity contribution in [1.82, 2.24) is 24.8 Å². The number of aromatic nitrogens is 3. The van der Waals surface area contributed by atoms with E-state index in [0.29, 0.717) is 6.54 Å². The van der Waals surface area contributed by atoms with Gasteiger partial charge in [-0.25, -0.2) is 4.68 Å². The van der Waals surface area contributed by atoms with Gasteiger partial charge < -0.3 is 10.0 Å². The van der Waals surface area contributed by atoms with Crippen LogP contribution < -0.4 is 0 Å². The second-order valence-corrected chi connectivity index (χ2v) is 7.61. The Morgan fingerprint density at radius 2 is 1.88 bits per heavy atom. The summed E-state index contributed by atoms with van der Waals surface area (Å²) in [5, 5.41) is 19.0. The quantitative estimate of drug-likeness (QED) is 0.886. The number of rotatable bonds is 4. The van der Waals surface area contributed by atoms with Crippen LogP contribution in [-0.4, -0.2) is 61.0 Å². The van der Waals surface area contributed by atoms with Crippen LogP contribution in [-0.2, 0) is 24.4 Å². The first-order valence-corrected chi connectivity index (χ1v) is 9.27. The molecular formula is C17H27N5O2. The highest BCUT2D eigenvalue weighted by molar-refractivity contribution is 5.77. The maximum atomic E-state index is 12.7. The predicted octanol–water partition coefficient (Wildman–Crippen LogP) is 0.911. The molecule has 0 bridgehead atoms. The number of carbonyl (C=O) groups is 1. The molecule has 0 radical (unpaired) electrons. The molecular weight excluding hydrogens is 306 g/mol. The first-order valence-electron chi connectivity index (χ1n) is 9.27. The van der Waals surface area contributed by atoms with Gasteiger partial charge in [-0.05, 0) is 51.6 Å². The van der Waals surface area contributed by atoms with Crippen molar-refractivity contribution in [1.29, 1.82) is 0 Å². The van der Waals surface area contributed by atoms with Gasteiger partial charge in [0, 0.05) is 19.6 Å². The third kappa shape index (κ3) is 3.19. The summed E-state index contributed by atoms with van der Waals surface area (Å²) in [6.07, 6.45) is 6.21. The SMILES string of the molecule is O=C(CC1(O)CCC1)N1CCCn2nnc(CN3CCCC3)c2C1. The van der Waals surface area contributed by atoms with Gasteiger partial charge >= 0.3 is 0 Å². The Labute approximate surface area is 142 Å². The molecule has 132 valence electrons. The Hall–Kier alpha value is -1.47. The smallest absolute Gasteiger partial charge is 0.225 e. The Bertz CT molecular complexity index is 604. The van der Waals surface area contributed by atoms with Crippen LogP contribution in [0.25, 0.3) is 0 Å². The Balaban J connectivity index is 1.46. The summed E-state index contributed by atoms with van der Waals surface area (Å²) in [7, 11) is 0. The molecule has 1 amide bonds. The van der Waals surface area contributed by atoms with Gasteiger partial charge in [-0.2, -0.15) is 0 Å². The molecule has 1 aromatic rings. The Morgan fingerprint density at radius 1 is 1.08 bits per heavy atom. The lowest BCUT2D eigenvalue weighted by atomic mass is 9.77. The molecule has 1 aromatic heterocycles. The molecule has 1 N–H and O–H groups in total. The monoisotopic (exact) mass is 333 g/mol. The van der Waals surface area contributed by atoms with Crippen molar-refractivity contribution in [3.8, 4) is 0 Å². The first kappa shape index (κ1) is 16.0. The van der Waals surface area contributed by atoms with Gasteiger partial charge in [0.2, 0.25) is 5.91 Å². The summed E-state index contributed by atoms with van der Waals surface area (Å²) < 4.78 is 1.97. The standard InChI is InChI=1S/C17H27N5O2/c23-16(11-17(24)5-3-6-17)21-9-4-10-22-15(13-21)14(18-19-22)12-20-7-1-2-8-20/h24H,1-13H2. The average molecular weight is 333 g/mol. The van der Waals surface area contributed by atoms with Crippen LogP contribution in [0.4, 0.5) is 0 Å². The number of hydrogen-bond donors (Lipinski definition) is 1. The molecule has 3 heterocycles. The topological polar surface area (TPSA) is 74.5 Å². The summed E-state index contributed by atoms with van der Waals surface area (Å²) in [6, 6.07) is 0. The number of hydrogen-bond acceptors (Lipinski definition) is 5. The van der Waals surface area contributed by atoms with Crippen LogP contribution in [0.5, 0.6) is 0 Å². The van der Waals surface area contributed by atoms with Crippen molar-refractivity contribution in [2.75, 3.05) is 19.6 Å². The molecule has 7 nitrogen and oxygen atoms in total. The number of fused-ring (bicyclic) bond motifs is 1. The maximum Gasteiger partial charge on any atom is 0.225 e. The van der Waals surface area contributed by atoms with E-state index in [-0.39, 0.29) is 12.3 Å². The van der Waals surface area contributed by atoms with Crippen molar-refractivity contribution in [2.24, 2.45) is 0 Å². The Morgan fingerprint density at radius 3 is 2.58 bits per heavy atom. The molecule has 2 aliphatic heterocycles. The zero-order valence-electron chi connectivity index (χ0n) is 14.3. The van der Waals surface area contributed by atoms with Crippen molar-refractivity contribution in [3.63, 3.8) is 0 Å². The van der Waals surface area contributed by atoms with E-state index in [2.05, 4.69) is 15.2 Å². The zero-order chi connectivity index (χ0) is 16.6. The van der Waals surface area contributed by atoms with Crippen LogP contribution in [0.3, 0.4) is 0 Å². The summed E-state index contributed by atoms with van der Waals surface area (Å²) >= 11 is 0. The summed E-state index contributed by atoms with van der Waals surface area (Å²) in [5.41, 5.74) is 1.34. The number of aliphatic hydroxyl groups is 1. The first-order chi connectivity index (χ1) is 11.6. The fourth-order valence-electron chi connectivity index (χ4n) is 4.04. The van der Waals surface area contributed by atoms with E-state index in [1.165, 1.54) is 12.8 Å². The van der Waals surface area contributed by atoms with Crippen molar-refractivity contribution in [3.05, 3.63) is 11.4 Å². The van der Waals surface area contributed by atoms with E-state index in [0.717, 1.165) is 69.8 Å². The van der Waals surface area contributed by atoms with Gasteiger partial charge in [0.15, 0.2) is 0 Å². The van der Waals surface area contributed by atoms with Gasteiger partial charge in [-0.1, -0.05) is 5.21 Å². The summed E-state index contributed by atoms with van der Waals surface area (Å²) in [6.45, 7) is 5.22. The summed E-state index contributed by atoms with van der Waals surface area (Å²) in [5.74, 6) is 0.0685. The zero-order valence-corrected chi connectivity index (χ0v) is 14.3. The number of likely N-dealkylation sites (tertiary alicyclic amines) is 1. The minimum atomic E-state index is -0.750. The molecule has 1 saturated heterocycles. The molecule has 4 rings (SSSR count). The lowest BCUT2D eigenvalue weighted by Crippen LogP contribution is -2.43. The summed E-state index contributed by atoms with van der Waals surface area (Å²) in [4.78, 5) is 17.0. The number of aryl methyl sites for hydroxylation is 1. The highest BCUT2D eigenvalue weighted by atomic mass is 16.3. The third-order valence-electron chi connectivity index (χ3n) is 5.75. The Kier molecular flexibility index (Phi) is 4.30. The largest absolute Gasteiger partial charge is 0.389 e. The predicted molar refractivity (Wildman–Crippen MR) is 88.0 cm³/mol. The van der Waals surface area contributed by atoms with E-state index in [9.17, 15) is 9.90 Å². The van der Waals surface area contributed by atoms with E-state index < -0.39 is 5.60 Å². The molecule has 0 aromatic carbocycles. The minimum absolute atomic E-state index is 0.0685. The average Bonchev–Trinajstić information content (AvgIpc) is 3.11. The van der Waals surface area contributed by atoms with Gasteiger partial charge in [0.05, 0.1) is 24.3 Å². The van der Waals surface area contributed by atoms with E-state index in [4.69, 9.17) is 0 Å². The van der Waals surface area contributed by atoms with Gasteiger partial charge in [0.25, 0.3) is 0 Å². The molecule has 1 aliphatic carbocycles. The fourth-order valence-corrected chi connectivity index (χ4v) is 4.04. The van der Waals surface area contributed by atoms with Crippen LogP contribution in [0.1, 0.15) is 56.3 Å². The molecule has 24 heavy (non-hydrogen) atoms. The second-order valence-electron chi connectivity index (χ2n) is 7.61. The van der Waals surface area contributed by atoms with Crippen molar-refractivity contribution in [2.45, 2.75) is 70.2 Å². The van der Waals surface area contributed by atoms with Crippen molar-refractivity contribution >= 4 is 5.91 Å². The van der Waals surface area contributed by atoms with Gasteiger partial charge in [-0.15, -0.1) is 5.10 Å². The van der Waals surface area contributed by atoms with Crippen molar-refractivity contribution < 1.29 is 9.90 Å². The highest BCUT2D eigenvalue weighted by Crippen LogP contribution is 2.35. The second kappa shape index (κ2) is 6.44. The van der Waals surface area contributed by atoms with E-state index in [1.54, 1.807) is 0 Å². The number of carbonyl (C=O) groups excluding carboxylic acids is 1. The molecule has 2 fully saturated rings. The lowest BCUT2D eigenvalue weighted by molar-refractivity contribution is -0.141. The number of amides is 1. The van der Waals surface area contributed by atoms with E-state index >= 15 is 0 Å². The molecule has 0 unspecified atom stereocenters. The van der Waals surface area contributed by atoms with Gasteiger partial charge in [0.1, 0.15) is 5.69 Å². The highest BCUT2D eigenvalue weighted by Gasteiger charge is 2.38. The van der Waals surface area contributed by atoms with Gasteiger partial charge in [-0.3, -0.25) is 9.69 Å². The van der Waals surface area contributed by atoms with Crippen LogP contribution in [0.2, 0.25) is 0 Å². The minimum Gasteiger partial charge on any atom is -0.389 e. The third-order valence-corrected chi connectivity index (χ3v) is 5.75. The lowest BCUT2D eigenvalue weighted by Gasteiger charge is -2.37. The molecule has 0 spiro atoms. The van der Waals surface area contributed by atoms with Crippen LogP contribution in [0.15, 0.2) is 0 Å². The van der Waals surface area contributed by atoms with Crippen LogP contribution in [0, 0.1) is 0 Å². The maximum absolute atomic E-state index is 12.7. The van der Waals surface area contributed by atoms with Crippen LogP contribution >= 0.6 is 0 Å². The van der Waals surface area contributed by atoms with E-state index in [1.807, 2.05) is 9.58 Å². The molecule has 0 atom stereocenters.